The van der Waals surface area contributed by atoms with Gasteiger partial charge in [0.15, 0.2) is 0 Å². The molecule has 0 fully saturated rings. The van der Waals surface area contributed by atoms with E-state index in [4.69, 9.17) is 5.11 Å². The normalized spacial score (nSPS) is 10.6. The zero-order valence-corrected chi connectivity index (χ0v) is 9.97. The number of nitrogens with one attached hydrogen (secondary N) is 1. The van der Waals surface area contributed by atoms with E-state index in [-0.39, 0.29) is 17.8 Å². The van der Waals surface area contributed by atoms with Crippen molar-refractivity contribution in [3.63, 3.8) is 0 Å². The molecule has 0 spiro atoms. The fourth-order valence-corrected chi connectivity index (χ4v) is 1.78. The Labute approximate surface area is 102 Å². The van der Waals surface area contributed by atoms with Gasteiger partial charge in [0.25, 0.3) is 5.56 Å². The maximum atomic E-state index is 11.6. The molecule has 0 amide bonds. The van der Waals surface area contributed by atoms with Crippen LogP contribution in [0.2, 0.25) is 0 Å². The second kappa shape index (κ2) is 4.44. The first-order valence-electron chi connectivity index (χ1n) is 5.31. The van der Waals surface area contributed by atoms with Gasteiger partial charge in [0.1, 0.15) is 0 Å². The van der Waals surface area contributed by atoms with Gasteiger partial charge in [-0.1, -0.05) is 0 Å². The predicted octanol–water partition coefficient (Wildman–Crippen LogP) is 0.200. The maximum absolute atomic E-state index is 11.6. The van der Waals surface area contributed by atoms with Gasteiger partial charge in [-0.15, -0.1) is 0 Å². The minimum absolute atomic E-state index is 0.123. The number of aliphatic carboxylic acids is 1. The molecular formula is C11H12N4O3. The highest BCUT2D eigenvalue weighted by molar-refractivity contribution is 5.71. The summed E-state index contributed by atoms with van der Waals surface area (Å²) < 4.78 is 1.37. The van der Waals surface area contributed by atoms with Crippen LogP contribution in [0.1, 0.15) is 17.0 Å². The van der Waals surface area contributed by atoms with E-state index in [9.17, 15) is 9.59 Å². The molecule has 0 saturated carbocycles. The first-order valence-corrected chi connectivity index (χ1v) is 5.31. The van der Waals surface area contributed by atoms with Crippen LogP contribution in [0.3, 0.4) is 0 Å². The first kappa shape index (κ1) is 12.0. The zero-order valence-electron chi connectivity index (χ0n) is 9.97. The van der Waals surface area contributed by atoms with Gasteiger partial charge in [-0.25, -0.2) is 9.67 Å². The van der Waals surface area contributed by atoms with Gasteiger partial charge in [0, 0.05) is 23.7 Å². The fourth-order valence-electron chi connectivity index (χ4n) is 1.78. The van der Waals surface area contributed by atoms with Gasteiger partial charge in [-0.05, 0) is 13.8 Å². The molecule has 0 unspecified atom stereocenters. The topological polar surface area (TPSA) is 101 Å². The quantitative estimate of drug-likeness (QED) is 0.808. The van der Waals surface area contributed by atoms with Crippen LogP contribution < -0.4 is 5.56 Å². The molecule has 0 aromatic carbocycles. The average Bonchev–Trinajstić information content (AvgIpc) is 2.57. The van der Waals surface area contributed by atoms with Crippen molar-refractivity contribution in [2.75, 3.05) is 0 Å². The molecule has 0 saturated heterocycles. The number of carboxylic acids is 1. The second-order valence-corrected chi connectivity index (χ2v) is 3.87. The molecule has 94 valence electrons. The molecule has 0 atom stereocenters. The van der Waals surface area contributed by atoms with Crippen LogP contribution in [0.25, 0.3) is 5.82 Å². The van der Waals surface area contributed by atoms with Gasteiger partial charge >= 0.3 is 5.97 Å². The zero-order chi connectivity index (χ0) is 13.3. The van der Waals surface area contributed by atoms with E-state index in [0.29, 0.717) is 17.0 Å². The van der Waals surface area contributed by atoms with Crippen molar-refractivity contribution >= 4 is 5.97 Å². The molecular weight excluding hydrogens is 236 g/mol. The van der Waals surface area contributed by atoms with Crippen molar-refractivity contribution in [2.24, 2.45) is 0 Å². The van der Waals surface area contributed by atoms with E-state index in [1.807, 2.05) is 0 Å². The fraction of sp³-hybridized carbons (Fsp3) is 0.273. The molecule has 0 aliphatic carbocycles. The summed E-state index contributed by atoms with van der Waals surface area (Å²) in [6, 6.07) is 0. The van der Waals surface area contributed by atoms with Crippen LogP contribution >= 0.6 is 0 Å². The average molecular weight is 248 g/mol. The highest BCUT2D eigenvalue weighted by Gasteiger charge is 2.17. The molecule has 0 bridgehead atoms. The number of aromatic nitrogens is 4. The summed E-state index contributed by atoms with van der Waals surface area (Å²) in [5.41, 5.74) is 1.43. The molecule has 7 nitrogen and oxygen atoms in total. The van der Waals surface area contributed by atoms with Crippen LogP contribution in [0.15, 0.2) is 17.2 Å². The molecule has 2 aromatic heterocycles. The summed E-state index contributed by atoms with van der Waals surface area (Å²) in [5.74, 6) is -0.801. The Morgan fingerprint density at radius 1 is 1.50 bits per heavy atom. The van der Waals surface area contributed by atoms with E-state index >= 15 is 0 Å². The minimum Gasteiger partial charge on any atom is -0.481 e. The monoisotopic (exact) mass is 248 g/mol. The smallest absolute Gasteiger partial charge is 0.307 e. The number of carbonyl (C=O) groups is 1. The number of aromatic amines is 1. The van der Waals surface area contributed by atoms with Gasteiger partial charge in [-0.2, -0.15) is 5.10 Å². The molecule has 2 heterocycles. The lowest BCUT2D eigenvalue weighted by molar-refractivity contribution is -0.136. The molecule has 18 heavy (non-hydrogen) atoms. The minimum atomic E-state index is -0.935. The Kier molecular flexibility index (Phi) is 2.97. The predicted molar refractivity (Wildman–Crippen MR) is 62.8 cm³/mol. The SMILES string of the molecule is Cc1nn(-c2ncc[nH]c2=O)c(C)c1CC(=O)O. The molecule has 7 heteroatoms. The van der Waals surface area contributed by atoms with Crippen LogP contribution in [0, 0.1) is 13.8 Å². The number of nitrogens with zero attached hydrogens (tertiary/aromatic N) is 3. The molecule has 0 aliphatic rings. The number of H-pyrrole nitrogens is 1. The highest BCUT2D eigenvalue weighted by atomic mass is 16.4. The van der Waals surface area contributed by atoms with Crippen LogP contribution in [0.5, 0.6) is 0 Å². The van der Waals surface area contributed by atoms with Crippen molar-refractivity contribution in [3.8, 4) is 5.82 Å². The van der Waals surface area contributed by atoms with E-state index in [2.05, 4.69) is 15.1 Å². The van der Waals surface area contributed by atoms with Crippen molar-refractivity contribution in [2.45, 2.75) is 20.3 Å². The molecule has 0 aliphatic heterocycles. The summed E-state index contributed by atoms with van der Waals surface area (Å²) in [4.78, 5) is 28.8. The number of hydrogen-bond donors (Lipinski definition) is 2. The van der Waals surface area contributed by atoms with Gasteiger partial charge in [-0.3, -0.25) is 9.59 Å². The number of rotatable bonds is 3. The van der Waals surface area contributed by atoms with Gasteiger partial charge in [0.05, 0.1) is 12.1 Å². The third-order valence-electron chi connectivity index (χ3n) is 2.66. The summed E-state index contributed by atoms with van der Waals surface area (Å²) in [6.45, 7) is 3.42. The molecule has 0 radical (unpaired) electrons. The van der Waals surface area contributed by atoms with Crippen molar-refractivity contribution in [1.82, 2.24) is 19.7 Å². The largest absolute Gasteiger partial charge is 0.481 e. The Bertz CT molecular complexity index is 657. The lowest BCUT2D eigenvalue weighted by Gasteiger charge is -2.02. The summed E-state index contributed by atoms with van der Waals surface area (Å²) >= 11 is 0. The maximum Gasteiger partial charge on any atom is 0.307 e. The van der Waals surface area contributed by atoms with Crippen LogP contribution in [-0.2, 0) is 11.2 Å². The molecule has 2 N–H and O–H groups in total. The summed E-state index contributed by atoms with van der Waals surface area (Å²) in [5, 5.41) is 13.0. The van der Waals surface area contributed by atoms with Gasteiger partial charge in [0.2, 0.25) is 5.82 Å². The van der Waals surface area contributed by atoms with Crippen molar-refractivity contribution < 1.29 is 9.90 Å². The Morgan fingerprint density at radius 3 is 2.83 bits per heavy atom. The number of hydrogen-bond acceptors (Lipinski definition) is 4. The van der Waals surface area contributed by atoms with E-state index in [1.165, 1.54) is 17.1 Å². The van der Waals surface area contributed by atoms with E-state index in [1.54, 1.807) is 13.8 Å². The van der Waals surface area contributed by atoms with Gasteiger partial charge < -0.3 is 10.1 Å². The number of aryl methyl sites for hydroxylation is 1. The van der Waals surface area contributed by atoms with Crippen LogP contribution in [0.4, 0.5) is 0 Å². The third kappa shape index (κ3) is 2.02. The standard InChI is InChI=1S/C11H12N4O3/c1-6-8(5-9(16)17)7(2)15(14-6)10-11(18)13-4-3-12-10/h3-4H,5H2,1-2H3,(H,13,18)(H,16,17). The van der Waals surface area contributed by atoms with Crippen molar-refractivity contribution in [1.29, 1.82) is 0 Å². The van der Waals surface area contributed by atoms with E-state index < -0.39 is 5.97 Å². The molecule has 2 aromatic rings. The van der Waals surface area contributed by atoms with Crippen molar-refractivity contribution in [3.05, 3.63) is 39.7 Å². The Hall–Kier alpha value is -2.44. The van der Waals surface area contributed by atoms with E-state index in [0.717, 1.165) is 0 Å². The van der Waals surface area contributed by atoms with Crippen LogP contribution in [-0.4, -0.2) is 30.8 Å². The Morgan fingerprint density at radius 2 is 2.22 bits per heavy atom. The molecule has 2 rings (SSSR count). The second-order valence-electron chi connectivity index (χ2n) is 3.87. The Balaban J connectivity index is 2.58. The third-order valence-corrected chi connectivity index (χ3v) is 2.66. The number of carboxylic acid groups (broad SMARTS) is 1. The first-order chi connectivity index (χ1) is 8.50. The summed E-state index contributed by atoms with van der Waals surface area (Å²) in [7, 11) is 0. The lowest BCUT2D eigenvalue weighted by atomic mass is 10.1. The summed E-state index contributed by atoms with van der Waals surface area (Å²) in [6.07, 6.45) is 2.75. The highest BCUT2D eigenvalue weighted by Crippen LogP contribution is 2.15. The lowest BCUT2D eigenvalue weighted by Crippen LogP contribution is -2.17.